The average molecular weight is 1550 g/mol. The second-order valence-electron chi connectivity index (χ2n) is 14.1. The summed E-state index contributed by atoms with van der Waals surface area (Å²) in [5, 5.41) is 40.6. The fourth-order valence-corrected chi connectivity index (χ4v) is 8.07. The molecule has 0 amide bonds. The van der Waals surface area contributed by atoms with E-state index >= 15 is 0 Å². The summed E-state index contributed by atoms with van der Waals surface area (Å²) in [5.74, 6) is 0. The molecule has 0 radical (unpaired) electrons. The van der Waals surface area contributed by atoms with Crippen LogP contribution in [0.5, 0.6) is 0 Å². The molecule has 0 aliphatic heterocycles. The molecule has 86 heavy (non-hydrogen) atoms. The average Bonchev–Trinajstić information content (AvgIpc) is 4.20. The van der Waals surface area contributed by atoms with Gasteiger partial charge in [0.25, 0.3) is 0 Å². The Balaban J connectivity index is -0.000000517. The Hall–Kier alpha value is -5.36. The number of thiazole rings is 4. The number of aryl methyl sites for hydroxylation is 4. The molecule has 42 heteroatoms. The van der Waals surface area contributed by atoms with E-state index in [4.69, 9.17) is 138 Å². The van der Waals surface area contributed by atoms with Crippen LogP contribution in [0.15, 0.2) is 70.1 Å². The monoisotopic (exact) mass is 1550 g/mol. The van der Waals surface area contributed by atoms with Crippen LogP contribution < -0.4 is 97.5 Å². The number of anilines is 4. The minimum absolute atomic E-state index is 0. The van der Waals surface area contributed by atoms with Crippen molar-refractivity contribution in [2.75, 3.05) is 22.9 Å². The summed E-state index contributed by atoms with van der Waals surface area (Å²) < 4.78 is 136. The van der Waals surface area contributed by atoms with Gasteiger partial charge in [-0.05, 0) is 76.2 Å². The van der Waals surface area contributed by atoms with Gasteiger partial charge in [-0.2, -0.15) is 21.0 Å². The van der Waals surface area contributed by atoms with Gasteiger partial charge in [0.15, 0.2) is 0 Å². The first kappa shape index (κ1) is 87.1. The number of nitrogens with zero attached hydrogens (tertiary/aromatic N) is 12. The first-order chi connectivity index (χ1) is 38.7. The number of hydrogen-bond donors (Lipinski definition) is 4. The fraction of sp³-hybridized carbons (Fsp3) is 0.182. The van der Waals surface area contributed by atoms with Crippen molar-refractivity contribution in [3.8, 4) is 89.9 Å². The number of halogens is 4. The third kappa shape index (κ3) is 41.7. The Morgan fingerprint density at radius 1 is 0.314 bits per heavy atom. The van der Waals surface area contributed by atoms with Crippen LogP contribution in [0.25, 0.3) is 65.6 Å². The molecule has 0 aromatic carbocycles. The van der Waals surface area contributed by atoms with Crippen molar-refractivity contribution < 1.29 is 170 Å². The Labute approximate surface area is 555 Å². The molecule has 32 nitrogen and oxygen atoms in total. The van der Waals surface area contributed by atoms with E-state index in [-0.39, 0.29) is 54.6 Å². The van der Waals surface area contributed by atoms with Gasteiger partial charge in [-0.25, -0.2) is 114 Å². The molecule has 8 rings (SSSR count). The molecule has 0 saturated carbocycles. The summed E-state index contributed by atoms with van der Waals surface area (Å²) in [6.07, 6.45) is 0. The van der Waals surface area contributed by atoms with Gasteiger partial charge < -0.3 is 22.9 Å². The summed E-state index contributed by atoms with van der Waals surface area (Å²) in [4.78, 5) is 36.7. The van der Waals surface area contributed by atoms with Gasteiger partial charge in [0.1, 0.15) is 42.8 Å². The molecular formula is C44H44Cd2Cl4N16O16S4. The van der Waals surface area contributed by atoms with Crippen LogP contribution in [0.2, 0.25) is 0 Å². The molecule has 8 aromatic rings. The molecule has 8 N–H and O–H groups in total. The summed E-state index contributed by atoms with van der Waals surface area (Å²) in [6, 6.07) is 21.7. The van der Waals surface area contributed by atoms with Crippen LogP contribution in [-0.4, -0.2) is 39.9 Å². The van der Waals surface area contributed by atoms with E-state index in [1.807, 2.05) is 97.7 Å². The molecule has 0 aliphatic rings. The predicted molar refractivity (Wildman–Crippen MR) is 261 cm³/mol. The van der Waals surface area contributed by atoms with Gasteiger partial charge in [-0.15, -0.1) is 86.3 Å². The first-order valence-corrected chi connectivity index (χ1v) is 29.6. The Kier molecular flexibility index (Phi) is 43.9. The fourth-order valence-electron chi connectivity index (χ4n) is 5.00. The van der Waals surface area contributed by atoms with Crippen molar-refractivity contribution in [1.29, 1.82) is 21.0 Å². The van der Waals surface area contributed by atoms with E-state index in [1.54, 1.807) is 69.6 Å². The van der Waals surface area contributed by atoms with Crippen LogP contribution in [0.1, 0.15) is 50.5 Å². The molecule has 0 unspecified atom stereocenters. The van der Waals surface area contributed by atoms with E-state index in [1.165, 1.54) is 27.7 Å². The van der Waals surface area contributed by atoms with Gasteiger partial charge >= 0.3 is 54.6 Å². The molecule has 0 saturated heterocycles. The quantitative estimate of drug-likeness (QED) is 0.112. The second-order valence-corrected chi connectivity index (χ2v) is 20.6. The van der Waals surface area contributed by atoms with Gasteiger partial charge in [-0.3, -0.25) is 0 Å². The standard InChI is InChI=1S/2C18H16N6S2.4C2H3N.2Cd.4ClHO4/c2*1-9-7-25-17(21-9)13-5-3-11(19)15(23-13)16-12(20)4-6-14(24-16)18-22-10(2)8-26-18;4*1-2-3;;;4*2-1(3,4)5/h2*3-8H,19-20H2,1-2H3;4*1H3;;;4*(H,2,3,4,5)/q;;;;;;2*+2;;;;/p-4. The maximum Gasteiger partial charge on any atom is 2.00 e. The number of aromatic nitrogens is 8. The number of nitrogens with two attached hydrogens (primary N) is 4. The Morgan fingerprint density at radius 3 is 0.547 bits per heavy atom. The van der Waals surface area contributed by atoms with Crippen LogP contribution in [0.4, 0.5) is 22.7 Å². The van der Waals surface area contributed by atoms with E-state index in [9.17, 15) is 0 Å². The van der Waals surface area contributed by atoms with Gasteiger partial charge in [0.2, 0.25) is 0 Å². The smallest absolute Gasteiger partial charge is 0.397 e. The van der Waals surface area contributed by atoms with E-state index in [2.05, 4.69) is 19.9 Å². The normalized spacial score (nSPS) is 9.81. The maximum atomic E-state index is 8.49. The molecule has 8 heterocycles. The molecule has 0 fully saturated rings. The molecule has 0 aliphatic carbocycles. The largest absolute Gasteiger partial charge is 2.00 e. The third-order valence-electron chi connectivity index (χ3n) is 7.51. The van der Waals surface area contributed by atoms with Crippen molar-refractivity contribution >= 4 is 68.1 Å². The van der Waals surface area contributed by atoms with Crippen LogP contribution >= 0.6 is 45.3 Å². The van der Waals surface area contributed by atoms with E-state index < -0.39 is 41.0 Å². The van der Waals surface area contributed by atoms with Crippen LogP contribution in [0, 0.1) is 114 Å². The van der Waals surface area contributed by atoms with Crippen molar-refractivity contribution in [3.05, 3.63) is 92.8 Å². The number of rotatable bonds is 6. The van der Waals surface area contributed by atoms with E-state index in [0.29, 0.717) is 45.5 Å². The van der Waals surface area contributed by atoms with Crippen molar-refractivity contribution in [3.63, 3.8) is 0 Å². The predicted octanol–water partition coefficient (Wildman–Crippen LogP) is -8.57. The molecular weight excluding hydrogens is 1500 g/mol. The summed E-state index contributed by atoms with van der Waals surface area (Å²) in [7, 11) is -19.8. The summed E-state index contributed by atoms with van der Waals surface area (Å²) >= 11 is 6.18. The summed E-state index contributed by atoms with van der Waals surface area (Å²) in [5.41, 5.74) is 35.9. The minimum Gasteiger partial charge on any atom is -0.397 e. The molecule has 452 valence electrons. The van der Waals surface area contributed by atoms with Crippen molar-refractivity contribution in [2.45, 2.75) is 55.4 Å². The zero-order valence-corrected chi connectivity index (χ0v) is 60.1. The summed E-state index contributed by atoms with van der Waals surface area (Å²) in [6.45, 7) is 13.5. The van der Waals surface area contributed by atoms with Gasteiger partial charge in [0, 0.05) is 72.0 Å². The number of nitriles is 4. The molecule has 0 atom stereocenters. The van der Waals surface area contributed by atoms with Crippen LogP contribution in [0.3, 0.4) is 0 Å². The van der Waals surface area contributed by atoms with Gasteiger partial charge in [0.05, 0.1) is 69.8 Å². The zero-order chi connectivity index (χ0) is 65.3. The zero-order valence-electron chi connectivity index (χ0n) is 45.7. The SMILES string of the molecule is CC#N.CC#N.CC#N.CC#N.Cc1csc(-c2ccc(N)c(-c3nc(-c4nc(C)cs4)ccc3N)n2)n1.Cc1csc(-c2ccc(N)c(-c3nc(-c4nc(C)cs4)ccc3N)n2)n1.[Cd+2].[Cd+2].[O-][Cl+3]([O-])([O-])[O-].[O-][Cl+3]([O-])([O-])[O-].[O-][Cl+3]([O-])([O-])[O-].[O-][Cl+3]([O-])([O-])[O-]. The second kappa shape index (κ2) is 43.3. The minimum atomic E-state index is -4.94. The number of pyridine rings is 4. The van der Waals surface area contributed by atoms with Gasteiger partial charge in [-0.1, -0.05) is 0 Å². The van der Waals surface area contributed by atoms with Crippen molar-refractivity contribution in [2.24, 2.45) is 0 Å². The Morgan fingerprint density at radius 2 is 0.442 bits per heavy atom. The van der Waals surface area contributed by atoms with Crippen LogP contribution in [-0.2, 0) is 54.6 Å². The van der Waals surface area contributed by atoms with E-state index in [0.717, 1.165) is 65.6 Å². The number of nitrogen functional groups attached to an aromatic ring is 4. The maximum absolute atomic E-state index is 8.49. The number of hydrogen-bond acceptors (Lipinski definition) is 36. The third-order valence-corrected chi connectivity index (χ3v) is 11.4. The first-order valence-electron chi connectivity index (χ1n) is 21.2. The molecule has 8 aromatic heterocycles. The molecule has 0 spiro atoms. The molecule has 0 bridgehead atoms. The topological polar surface area (TPSA) is 671 Å². The Bertz CT molecular complexity index is 2980. The van der Waals surface area contributed by atoms with Crippen molar-refractivity contribution in [1.82, 2.24) is 39.9 Å².